The van der Waals surface area contributed by atoms with Gasteiger partial charge in [0.2, 0.25) is 0 Å². The van der Waals surface area contributed by atoms with Crippen LogP contribution in [0.4, 0.5) is 0 Å². The zero-order chi connectivity index (χ0) is 16.5. The summed E-state index contributed by atoms with van der Waals surface area (Å²) in [4.78, 5) is 13.1. The number of benzene rings is 1. The minimum absolute atomic E-state index is 0.190. The summed E-state index contributed by atoms with van der Waals surface area (Å²) in [6, 6.07) is 9.79. The predicted octanol–water partition coefficient (Wildman–Crippen LogP) is 3.71. The fourth-order valence-electron chi connectivity index (χ4n) is 3.30. The number of carbonyl (C=O) groups is 1. The van der Waals surface area contributed by atoms with E-state index in [1.807, 2.05) is 28.1 Å². The van der Waals surface area contributed by atoms with E-state index >= 15 is 0 Å². The van der Waals surface area contributed by atoms with Crippen LogP contribution in [0.2, 0.25) is 0 Å². The fraction of sp³-hybridized carbons (Fsp3) is 0.333. The molecule has 0 bridgehead atoms. The number of rotatable bonds is 3. The Hall–Kier alpha value is -2.52. The second kappa shape index (κ2) is 6.17. The van der Waals surface area contributed by atoms with Gasteiger partial charge in [0.1, 0.15) is 5.82 Å². The number of nitriles is 1. The van der Waals surface area contributed by atoms with Gasteiger partial charge in [-0.15, -0.1) is 21.5 Å². The van der Waals surface area contributed by atoms with E-state index < -0.39 is 5.92 Å². The molecule has 1 aromatic carbocycles. The van der Waals surface area contributed by atoms with Crippen LogP contribution in [0.3, 0.4) is 0 Å². The number of hydrogen-bond donors (Lipinski definition) is 0. The third-order valence-corrected chi connectivity index (χ3v) is 5.50. The molecule has 24 heavy (non-hydrogen) atoms. The van der Waals surface area contributed by atoms with Crippen molar-refractivity contribution < 1.29 is 4.79 Å². The van der Waals surface area contributed by atoms with E-state index in [1.165, 1.54) is 11.3 Å². The minimum atomic E-state index is -0.906. The molecule has 4 rings (SSSR count). The number of fused-ring (bicyclic) bond motifs is 2. The van der Waals surface area contributed by atoms with Gasteiger partial charge in [0.25, 0.3) is 0 Å². The number of hydrogen-bond acceptors (Lipinski definition) is 5. The highest BCUT2D eigenvalue weighted by molar-refractivity contribution is 7.17. The van der Waals surface area contributed by atoms with Gasteiger partial charge in [0, 0.05) is 23.2 Å². The van der Waals surface area contributed by atoms with E-state index in [1.54, 1.807) is 6.07 Å². The molecule has 1 aliphatic heterocycles. The zero-order valence-electron chi connectivity index (χ0n) is 13.1. The van der Waals surface area contributed by atoms with Crippen molar-refractivity contribution >= 4 is 27.2 Å². The summed E-state index contributed by atoms with van der Waals surface area (Å²) in [5.41, 5.74) is 0.597. The molecule has 5 nitrogen and oxygen atoms in total. The first-order valence-corrected chi connectivity index (χ1v) is 8.99. The molecule has 3 aromatic rings. The maximum Gasteiger partial charge on any atom is 0.189 e. The topological polar surface area (TPSA) is 71.6 Å². The van der Waals surface area contributed by atoms with E-state index in [-0.39, 0.29) is 5.78 Å². The van der Waals surface area contributed by atoms with Crippen LogP contribution < -0.4 is 0 Å². The molecule has 120 valence electrons. The van der Waals surface area contributed by atoms with Crippen LogP contribution in [0.1, 0.15) is 47.2 Å². The van der Waals surface area contributed by atoms with E-state index in [9.17, 15) is 10.1 Å². The Morgan fingerprint density at radius 2 is 2.17 bits per heavy atom. The van der Waals surface area contributed by atoms with Crippen LogP contribution in [-0.4, -0.2) is 20.5 Å². The Kier molecular flexibility index (Phi) is 3.87. The summed E-state index contributed by atoms with van der Waals surface area (Å²) in [5, 5.41) is 21.1. The van der Waals surface area contributed by atoms with Crippen molar-refractivity contribution in [2.45, 2.75) is 38.1 Å². The normalized spacial score (nSPS) is 15.5. The van der Waals surface area contributed by atoms with Crippen LogP contribution in [0, 0.1) is 11.3 Å². The van der Waals surface area contributed by atoms with Gasteiger partial charge < -0.3 is 4.57 Å². The number of Topliss-reactive ketones (excluding diaryl/α,β-unsaturated/α-hetero) is 1. The molecule has 0 radical (unpaired) electrons. The maximum absolute atomic E-state index is 13.1. The van der Waals surface area contributed by atoms with Crippen molar-refractivity contribution in [1.29, 1.82) is 5.26 Å². The van der Waals surface area contributed by atoms with Crippen molar-refractivity contribution in [3.8, 4) is 6.07 Å². The minimum Gasteiger partial charge on any atom is -0.313 e. The van der Waals surface area contributed by atoms with E-state index in [4.69, 9.17) is 0 Å². The van der Waals surface area contributed by atoms with Crippen LogP contribution in [0.15, 0.2) is 29.6 Å². The summed E-state index contributed by atoms with van der Waals surface area (Å²) in [5.74, 6) is 0.292. The smallest absolute Gasteiger partial charge is 0.189 e. The van der Waals surface area contributed by atoms with Crippen molar-refractivity contribution in [3.63, 3.8) is 0 Å². The van der Waals surface area contributed by atoms with Crippen LogP contribution in [0.5, 0.6) is 0 Å². The largest absolute Gasteiger partial charge is 0.313 e. The molecular weight excluding hydrogens is 320 g/mol. The molecule has 3 heterocycles. The predicted molar refractivity (Wildman–Crippen MR) is 92.1 cm³/mol. The third kappa shape index (κ3) is 2.42. The Morgan fingerprint density at radius 3 is 3.04 bits per heavy atom. The number of thiophene rings is 1. The molecule has 1 aliphatic rings. The van der Waals surface area contributed by atoms with Gasteiger partial charge in [-0.25, -0.2) is 0 Å². The first kappa shape index (κ1) is 15.0. The van der Waals surface area contributed by atoms with Gasteiger partial charge in [0.15, 0.2) is 17.5 Å². The summed E-state index contributed by atoms with van der Waals surface area (Å²) in [6.07, 6.45) is 4.12. The van der Waals surface area contributed by atoms with Crippen molar-refractivity contribution in [3.05, 3.63) is 46.9 Å². The summed E-state index contributed by atoms with van der Waals surface area (Å²) in [6.45, 7) is 0.784. The SMILES string of the molecule is N#CC(C(=O)c1cccc2ccsc12)c1nnc2n1CCCCC2. The summed E-state index contributed by atoms with van der Waals surface area (Å²) < 4.78 is 2.91. The third-order valence-electron chi connectivity index (χ3n) is 4.53. The van der Waals surface area contributed by atoms with Crippen molar-refractivity contribution in [2.24, 2.45) is 0 Å². The molecule has 6 heteroatoms. The van der Waals surface area contributed by atoms with Crippen molar-refractivity contribution in [1.82, 2.24) is 14.8 Å². The van der Waals surface area contributed by atoms with Crippen LogP contribution in [0.25, 0.3) is 10.1 Å². The summed E-state index contributed by atoms with van der Waals surface area (Å²) >= 11 is 1.53. The quantitative estimate of drug-likeness (QED) is 0.684. The molecule has 2 aromatic heterocycles. The average Bonchev–Trinajstić information content (AvgIpc) is 3.16. The van der Waals surface area contributed by atoms with Gasteiger partial charge >= 0.3 is 0 Å². The lowest BCUT2D eigenvalue weighted by atomic mass is 9.97. The van der Waals surface area contributed by atoms with Gasteiger partial charge in [-0.2, -0.15) is 5.26 Å². The number of aromatic nitrogens is 3. The highest BCUT2D eigenvalue weighted by atomic mass is 32.1. The average molecular weight is 336 g/mol. The Morgan fingerprint density at radius 1 is 1.25 bits per heavy atom. The number of ketones is 1. The Balaban J connectivity index is 1.77. The zero-order valence-corrected chi connectivity index (χ0v) is 13.9. The Labute approximate surface area is 143 Å². The van der Waals surface area contributed by atoms with E-state index in [0.29, 0.717) is 11.4 Å². The van der Waals surface area contributed by atoms with Gasteiger partial charge in [-0.05, 0) is 35.7 Å². The molecule has 0 saturated heterocycles. The first-order chi connectivity index (χ1) is 11.8. The molecule has 0 N–H and O–H groups in total. The summed E-state index contributed by atoms with van der Waals surface area (Å²) in [7, 11) is 0. The van der Waals surface area contributed by atoms with Crippen LogP contribution in [-0.2, 0) is 13.0 Å². The molecule has 0 fully saturated rings. The number of carbonyl (C=O) groups excluding carboxylic acids is 1. The lowest BCUT2D eigenvalue weighted by Gasteiger charge is -2.11. The highest BCUT2D eigenvalue weighted by Gasteiger charge is 2.30. The molecule has 1 unspecified atom stereocenters. The lowest BCUT2D eigenvalue weighted by Crippen LogP contribution is -2.17. The van der Waals surface area contributed by atoms with E-state index in [0.717, 1.165) is 48.1 Å². The highest BCUT2D eigenvalue weighted by Crippen LogP contribution is 2.29. The monoisotopic (exact) mass is 336 g/mol. The molecule has 0 aliphatic carbocycles. The standard InChI is InChI=1S/C18H16N4OS/c19-11-14(18-21-20-15-7-2-1-3-9-22(15)18)16(23)13-6-4-5-12-8-10-24-17(12)13/h4-6,8,10,14H,1-3,7,9H2. The molecule has 0 saturated carbocycles. The van der Waals surface area contributed by atoms with Gasteiger partial charge in [0.05, 0.1) is 6.07 Å². The fourth-order valence-corrected chi connectivity index (χ4v) is 4.22. The van der Waals surface area contributed by atoms with Crippen molar-refractivity contribution in [2.75, 3.05) is 0 Å². The lowest BCUT2D eigenvalue weighted by molar-refractivity contribution is 0.0976. The van der Waals surface area contributed by atoms with E-state index in [2.05, 4.69) is 16.3 Å². The van der Waals surface area contributed by atoms with Gasteiger partial charge in [-0.1, -0.05) is 18.6 Å². The Bertz CT molecular complexity index is 949. The number of aryl methyl sites for hydroxylation is 1. The molecular formula is C18H16N4OS. The second-order valence-electron chi connectivity index (χ2n) is 6.01. The van der Waals surface area contributed by atoms with Gasteiger partial charge in [-0.3, -0.25) is 4.79 Å². The molecule has 0 amide bonds. The molecule has 1 atom stereocenters. The first-order valence-electron chi connectivity index (χ1n) is 8.11. The second-order valence-corrected chi connectivity index (χ2v) is 6.92. The molecule has 0 spiro atoms. The maximum atomic E-state index is 13.1. The number of nitrogens with zero attached hydrogens (tertiary/aromatic N) is 4. The van der Waals surface area contributed by atoms with Crippen LogP contribution >= 0.6 is 11.3 Å².